The van der Waals surface area contributed by atoms with Crippen molar-refractivity contribution in [2.24, 2.45) is 0 Å². The minimum absolute atomic E-state index is 0.270. The van der Waals surface area contributed by atoms with Gasteiger partial charge in [-0.3, -0.25) is 9.69 Å². The van der Waals surface area contributed by atoms with Crippen LogP contribution in [0, 0.1) is 13.8 Å². The Balaban J connectivity index is 1.45. The van der Waals surface area contributed by atoms with Gasteiger partial charge >= 0.3 is 0 Å². The van der Waals surface area contributed by atoms with Crippen molar-refractivity contribution in [1.82, 2.24) is 15.0 Å². The van der Waals surface area contributed by atoms with Gasteiger partial charge in [-0.25, -0.2) is 0 Å². The lowest BCUT2D eigenvalue weighted by atomic mass is 10.1. The Kier molecular flexibility index (Phi) is 4.81. The molecule has 1 saturated carbocycles. The summed E-state index contributed by atoms with van der Waals surface area (Å²) in [6.07, 6.45) is 6.75. The van der Waals surface area contributed by atoms with Crippen molar-refractivity contribution < 1.29 is 9.32 Å². The molecule has 3 rings (SSSR count). The predicted octanol–water partition coefficient (Wildman–Crippen LogP) is 2.31. The topological polar surface area (TPSA) is 49.6 Å². The molecule has 1 aliphatic heterocycles. The molecule has 2 heterocycles. The van der Waals surface area contributed by atoms with Gasteiger partial charge in [0, 0.05) is 44.2 Å². The molecule has 0 spiro atoms. The molecule has 2 fully saturated rings. The third-order valence-electron chi connectivity index (χ3n) is 5.28. The fourth-order valence-electron chi connectivity index (χ4n) is 3.85. The molecular weight excluding hydrogens is 278 g/mol. The number of nitrogens with zero attached hydrogens (tertiary/aromatic N) is 3. The van der Waals surface area contributed by atoms with Crippen molar-refractivity contribution in [3.8, 4) is 0 Å². The average molecular weight is 305 g/mol. The van der Waals surface area contributed by atoms with E-state index in [1.165, 1.54) is 25.7 Å². The second kappa shape index (κ2) is 6.82. The lowest BCUT2D eigenvalue weighted by Gasteiger charge is -2.38. The molecule has 5 nitrogen and oxygen atoms in total. The summed E-state index contributed by atoms with van der Waals surface area (Å²) in [6, 6.07) is 0.777. The maximum Gasteiger partial charge on any atom is 0.222 e. The molecule has 1 aromatic heterocycles. The van der Waals surface area contributed by atoms with Gasteiger partial charge in [0.2, 0.25) is 5.91 Å². The molecule has 0 aromatic carbocycles. The minimum atomic E-state index is 0.270. The van der Waals surface area contributed by atoms with Gasteiger partial charge in [0.1, 0.15) is 5.76 Å². The average Bonchev–Trinajstić information content (AvgIpc) is 3.17. The first-order valence-electron chi connectivity index (χ1n) is 8.58. The Bertz CT molecular complexity index is 492. The van der Waals surface area contributed by atoms with E-state index in [2.05, 4.69) is 10.1 Å². The molecule has 1 aliphatic carbocycles. The SMILES string of the molecule is Cc1noc(C)c1CCC(=O)N1CCN(C2CCCC2)CC1. The van der Waals surface area contributed by atoms with Gasteiger partial charge in [-0.05, 0) is 33.1 Å². The van der Waals surface area contributed by atoms with Crippen molar-refractivity contribution >= 4 is 5.91 Å². The zero-order valence-corrected chi connectivity index (χ0v) is 13.8. The largest absolute Gasteiger partial charge is 0.361 e. The van der Waals surface area contributed by atoms with Crippen molar-refractivity contribution in [1.29, 1.82) is 0 Å². The van der Waals surface area contributed by atoms with Gasteiger partial charge in [0.15, 0.2) is 0 Å². The van der Waals surface area contributed by atoms with E-state index in [0.29, 0.717) is 6.42 Å². The third-order valence-corrected chi connectivity index (χ3v) is 5.28. The Morgan fingerprint density at radius 1 is 1.18 bits per heavy atom. The van der Waals surface area contributed by atoms with Crippen molar-refractivity contribution in [2.45, 2.75) is 58.4 Å². The van der Waals surface area contributed by atoms with Crippen LogP contribution in [0.25, 0.3) is 0 Å². The van der Waals surface area contributed by atoms with Crippen molar-refractivity contribution in [3.05, 3.63) is 17.0 Å². The van der Waals surface area contributed by atoms with Gasteiger partial charge in [-0.1, -0.05) is 18.0 Å². The summed E-state index contributed by atoms with van der Waals surface area (Å²) in [7, 11) is 0. The molecule has 22 heavy (non-hydrogen) atoms. The number of piperazine rings is 1. The molecular formula is C17H27N3O2. The molecule has 0 bridgehead atoms. The van der Waals surface area contributed by atoms with E-state index in [4.69, 9.17) is 4.52 Å². The number of hydrogen-bond donors (Lipinski definition) is 0. The molecule has 0 N–H and O–H groups in total. The van der Waals surface area contributed by atoms with Crippen LogP contribution in [0.4, 0.5) is 0 Å². The van der Waals surface area contributed by atoms with Crippen LogP contribution in [0.1, 0.15) is 49.1 Å². The maximum absolute atomic E-state index is 12.4. The Labute approximate surface area is 132 Å². The summed E-state index contributed by atoms with van der Waals surface area (Å²) in [5.41, 5.74) is 2.01. The Morgan fingerprint density at radius 2 is 1.86 bits per heavy atom. The van der Waals surface area contributed by atoms with E-state index in [9.17, 15) is 4.79 Å². The van der Waals surface area contributed by atoms with E-state index in [0.717, 1.165) is 55.7 Å². The van der Waals surface area contributed by atoms with Crippen molar-refractivity contribution in [3.63, 3.8) is 0 Å². The van der Waals surface area contributed by atoms with Gasteiger partial charge in [-0.15, -0.1) is 0 Å². The summed E-state index contributed by atoms with van der Waals surface area (Å²) in [4.78, 5) is 17.0. The van der Waals surface area contributed by atoms with Crippen LogP contribution in [-0.4, -0.2) is 53.1 Å². The summed E-state index contributed by atoms with van der Waals surface area (Å²) >= 11 is 0. The highest BCUT2D eigenvalue weighted by atomic mass is 16.5. The molecule has 1 amide bonds. The Morgan fingerprint density at radius 3 is 2.45 bits per heavy atom. The first-order chi connectivity index (χ1) is 10.6. The zero-order chi connectivity index (χ0) is 15.5. The molecule has 122 valence electrons. The second-order valence-corrected chi connectivity index (χ2v) is 6.66. The molecule has 1 saturated heterocycles. The predicted molar refractivity (Wildman–Crippen MR) is 84.7 cm³/mol. The molecule has 5 heteroatoms. The van der Waals surface area contributed by atoms with E-state index >= 15 is 0 Å². The number of carbonyl (C=O) groups excluding carboxylic acids is 1. The van der Waals surface area contributed by atoms with E-state index in [1.54, 1.807) is 0 Å². The molecule has 1 aromatic rings. The summed E-state index contributed by atoms with van der Waals surface area (Å²) in [6.45, 7) is 7.72. The van der Waals surface area contributed by atoms with E-state index in [-0.39, 0.29) is 5.91 Å². The van der Waals surface area contributed by atoms with Crippen LogP contribution in [0.2, 0.25) is 0 Å². The van der Waals surface area contributed by atoms with Crippen LogP contribution in [0.15, 0.2) is 4.52 Å². The number of aryl methyl sites for hydroxylation is 2. The van der Waals surface area contributed by atoms with Crippen LogP contribution in [0.5, 0.6) is 0 Å². The van der Waals surface area contributed by atoms with Gasteiger partial charge < -0.3 is 9.42 Å². The smallest absolute Gasteiger partial charge is 0.222 e. The summed E-state index contributed by atoms with van der Waals surface area (Å²) in [5.74, 6) is 1.11. The lowest BCUT2D eigenvalue weighted by Crippen LogP contribution is -2.51. The third kappa shape index (κ3) is 3.35. The maximum atomic E-state index is 12.4. The first kappa shape index (κ1) is 15.5. The standard InChI is InChI=1S/C17H27N3O2/c1-13-16(14(2)22-18-13)7-8-17(21)20-11-9-19(10-12-20)15-5-3-4-6-15/h15H,3-12H2,1-2H3. The van der Waals surface area contributed by atoms with Crippen LogP contribution >= 0.6 is 0 Å². The highest BCUT2D eigenvalue weighted by molar-refractivity contribution is 5.76. The fourth-order valence-corrected chi connectivity index (χ4v) is 3.85. The number of rotatable bonds is 4. The number of carbonyl (C=O) groups is 1. The highest BCUT2D eigenvalue weighted by Crippen LogP contribution is 2.24. The molecule has 2 aliphatic rings. The first-order valence-corrected chi connectivity index (χ1v) is 8.58. The van der Waals surface area contributed by atoms with Crippen LogP contribution < -0.4 is 0 Å². The monoisotopic (exact) mass is 305 g/mol. The van der Waals surface area contributed by atoms with Gasteiger partial charge in [-0.2, -0.15) is 0 Å². The number of aromatic nitrogens is 1. The van der Waals surface area contributed by atoms with E-state index < -0.39 is 0 Å². The highest BCUT2D eigenvalue weighted by Gasteiger charge is 2.27. The molecule has 0 unspecified atom stereocenters. The quantitative estimate of drug-likeness (QED) is 0.856. The van der Waals surface area contributed by atoms with Gasteiger partial charge in [0.05, 0.1) is 5.69 Å². The Hall–Kier alpha value is -1.36. The summed E-state index contributed by atoms with van der Waals surface area (Å²) < 4.78 is 5.16. The second-order valence-electron chi connectivity index (χ2n) is 6.66. The number of hydrogen-bond acceptors (Lipinski definition) is 4. The van der Waals surface area contributed by atoms with Crippen LogP contribution in [-0.2, 0) is 11.2 Å². The van der Waals surface area contributed by atoms with E-state index in [1.807, 2.05) is 18.7 Å². The fraction of sp³-hybridized carbons (Fsp3) is 0.765. The molecule has 0 radical (unpaired) electrons. The summed E-state index contributed by atoms with van der Waals surface area (Å²) in [5, 5.41) is 3.95. The molecule has 0 atom stereocenters. The van der Waals surface area contributed by atoms with Gasteiger partial charge in [0.25, 0.3) is 0 Å². The lowest BCUT2D eigenvalue weighted by molar-refractivity contribution is -0.133. The zero-order valence-electron chi connectivity index (χ0n) is 13.8. The normalized spacial score (nSPS) is 20.7. The van der Waals surface area contributed by atoms with Crippen LogP contribution in [0.3, 0.4) is 0 Å². The number of amides is 1. The minimum Gasteiger partial charge on any atom is -0.361 e. The van der Waals surface area contributed by atoms with Crippen molar-refractivity contribution in [2.75, 3.05) is 26.2 Å².